The normalized spacial score (nSPS) is 11.0. The topological polar surface area (TPSA) is 38.5 Å². The fourth-order valence-electron chi connectivity index (χ4n) is 2.32. The molecule has 1 rings (SSSR count). The highest BCUT2D eigenvalue weighted by Crippen LogP contribution is 2.21. The molecule has 0 aromatic heterocycles. The van der Waals surface area contributed by atoms with Crippen molar-refractivity contribution in [3.8, 4) is 5.75 Å². The quantitative estimate of drug-likeness (QED) is 0.744. The Morgan fingerprint density at radius 3 is 2.32 bits per heavy atom. The first-order valence-corrected chi connectivity index (χ1v) is 7.42. The Bertz CT molecular complexity index is 360. The summed E-state index contributed by atoms with van der Waals surface area (Å²) in [7, 11) is 0. The highest BCUT2D eigenvalue weighted by atomic mass is 16.5. The predicted molar refractivity (Wildman–Crippen MR) is 81.4 cm³/mol. The van der Waals surface area contributed by atoms with Crippen molar-refractivity contribution >= 4 is 0 Å². The lowest BCUT2D eigenvalue weighted by molar-refractivity contribution is 0.265. The molecule has 0 saturated heterocycles. The molecular weight excluding hydrogens is 236 g/mol. The van der Waals surface area contributed by atoms with Gasteiger partial charge in [-0.25, -0.2) is 0 Å². The van der Waals surface area contributed by atoms with Crippen molar-refractivity contribution in [1.29, 1.82) is 0 Å². The molecule has 0 fully saturated rings. The van der Waals surface area contributed by atoms with E-state index in [1.54, 1.807) is 0 Å². The Kier molecular flexibility index (Phi) is 7.53. The molecule has 0 heterocycles. The number of hydrogen-bond acceptors (Lipinski definition) is 3. The van der Waals surface area contributed by atoms with Crippen LogP contribution in [0.5, 0.6) is 5.75 Å². The number of benzene rings is 1. The lowest BCUT2D eigenvalue weighted by Gasteiger charge is -2.21. The monoisotopic (exact) mass is 264 g/mol. The first-order chi connectivity index (χ1) is 9.24. The van der Waals surface area contributed by atoms with Crippen LogP contribution in [-0.2, 0) is 13.1 Å². The maximum atomic E-state index is 5.74. The minimum atomic E-state index is 0.531. The van der Waals surface area contributed by atoms with E-state index in [1.165, 1.54) is 18.4 Å². The van der Waals surface area contributed by atoms with Gasteiger partial charge in [-0.2, -0.15) is 0 Å². The second-order valence-electron chi connectivity index (χ2n) is 4.86. The maximum Gasteiger partial charge on any atom is 0.124 e. The molecular formula is C16H28N2O. The molecule has 1 aromatic carbocycles. The molecule has 0 aliphatic rings. The minimum absolute atomic E-state index is 0.531. The standard InChI is InChI=1S/C16H28N2O/c1-4-9-18(10-5-2)13-14-7-8-15(12-17)16(11-14)19-6-3/h7-8,11H,4-6,9-10,12-13,17H2,1-3H3. The van der Waals surface area contributed by atoms with Crippen molar-refractivity contribution in [3.63, 3.8) is 0 Å². The summed E-state index contributed by atoms with van der Waals surface area (Å²) in [6, 6.07) is 6.41. The van der Waals surface area contributed by atoms with Gasteiger partial charge in [-0.15, -0.1) is 0 Å². The Morgan fingerprint density at radius 1 is 1.11 bits per heavy atom. The molecule has 3 nitrogen and oxygen atoms in total. The molecule has 0 aliphatic carbocycles. The zero-order valence-electron chi connectivity index (χ0n) is 12.6. The summed E-state index contributed by atoms with van der Waals surface area (Å²) < 4.78 is 5.67. The maximum absolute atomic E-state index is 5.74. The number of nitrogens with two attached hydrogens (primary N) is 1. The molecule has 1 aromatic rings. The van der Waals surface area contributed by atoms with Gasteiger partial charge >= 0.3 is 0 Å². The SMILES string of the molecule is CCCN(CCC)Cc1ccc(CN)c(OCC)c1. The summed E-state index contributed by atoms with van der Waals surface area (Å²) in [6.07, 6.45) is 2.39. The molecule has 0 spiro atoms. The van der Waals surface area contributed by atoms with E-state index in [4.69, 9.17) is 10.5 Å². The van der Waals surface area contributed by atoms with Gasteiger partial charge in [0.05, 0.1) is 6.61 Å². The van der Waals surface area contributed by atoms with Crippen molar-refractivity contribution in [2.75, 3.05) is 19.7 Å². The van der Waals surface area contributed by atoms with E-state index in [9.17, 15) is 0 Å². The van der Waals surface area contributed by atoms with Gasteiger partial charge < -0.3 is 10.5 Å². The van der Waals surface area contributed by atoms with E-state index in [0.717, 1.165) is 30.9 Å². The van der Waals surface area contributed by atoms with E-state index in [-0.39, 0.29) is 0 Å². The molecule has 3 heteroatoms. The van der Waals surface area contributed by atoms with Crippen molar-refractivity contribution in [1.82, 2.24) is 4.90 Å². The largest absolute Gasteiger partial charge is 0.494 e. The van der Waals surface area contributed by atoms with Crippen molar-refractivity contribution in [2.24, 2.45) is 5.73 Å². The van der Waals surface area contributed by atoms with Crippen LogP contribution in [0.25, 0.3) is 0 Å². The number of hydrogen-bond donors (Lipinski definition) is 1. The fraction of sp³-hybridized carbons (Fsp3) is 0.625. The van der Waals surface area contributed by atoms with Crippen LogP contribution in [-0.4, -0.2) is 24.6 Å². The fourth-order valence-corrected chi connectivity index (χ4v) is 2.32. The van der Waals surface area contributed by atoms with Crippen LogP contribution in [0, 0.1) is 0 Å². The van der Waals surface area contributed by atoms with Gasteiger partial charge in [-0.1, -0.05) is 26.0 Å². The lowest BCUT2D eigenvalue weighted by atomic mass is 10.1. The molecule has 19 heavy (non-hydrogen) atoms. The average molecular weight is 264 g/mol. The zero-order valence-corrected chi connectivity index (χ0v) is 12.6. The molecule has 0 unspecified atom stereocenters. The highest BCUT2D eigenvalue weighted by molar-refractivity contribution is 5.37. The first kappa shape index (κ1) is 16.0. The van der Waals surface area contributed by atoms with Crippen LogP contribution in [0.1, 0.15) is 44.7 Å². The van der Waals surface area contributed by atoms with Crippen molar-refractivity contribution in [2.45, 2.75) is 46.7 Å². The highest BCUT2D eigenvalue weighted by Gasteiger charge is 2.07. The molecule has 0 saturated carbocycles. The van der Waals surface area contributed by atoms with Crippen LogP contribution >= 0.6 is 0 Å². The summed E-state index contributed by atoms with van der Waals surface area (Å²) in [4.78, 5) is 2.49. The Labute approximate surface area is 117 Å². The summed E-state index contributed by atoms with van der Waals surface area (Å²) in [6.45, 7) is 11.0. The van der Waals surface area contributed by atoms with Crippen LogP contribution in [0.2, 0.25) is 0 Å². The van der Waals surface area contributed by atoms with Gasteiger partial charge in [0.1, 0.15) is 5.75 Å². The molecule has 2 N–H and O–H groups in total. The van der Waals surface area contributed by atoms with E-state index >= 15 is 0 Å². The van der Waals surface area contributed by atoms with Crippen molar-refractivity contribution in [3.05, 3.63) is 29.3 Å². The number of nitrogens with zero attached hydrogens (tertiary/aromatic N) is 1. The Hall–Kier alpha value is -1.06. The van der Waals surface area contributed by atoms with Crippen LogP contribution < -0.4 is 10.5 Å². The molecule has 0 radical (unpaired) electrons. The molecule has 0 bridgehead atoms. The van der Waals surface area contributed by atoms with E-state index in [0.29, 0.717) is 13.2 Å². The van der Waals surface area contributed by atoms with Crippen LogP contribution in [0.4, 0.5) is 0 Å². The van der Waals surface area contributed by atoms with E-state index in [2.05, 4.69) is 36.9 Å². The van der Waals surface area contributed by atoms with Gasteiger partial charge in [-0.3, -0.25) is 4.90 Å². The third-order valence-corrected chi connectivity index (χ3v) is 3.14. The Morgan fingerprint density at radius 2 is 1.79 bits per heavy atom. The van der Waals surface area contributed by atoms with Gasteiger partial charge in [0, 0.05) is 18.7 Å². The zero-order chi connectivity index (χ0) is 14.1. The van der Waals surface area contributed by atoms with Gasteiger partial charge in [0.2, 0.25) is 0 Å². The number of rotatable bonds is 9. The van der Waals surface area contributed by atoms with Gasteiger partial charge in [0.25, 0.3) is 0 Å². The number of ether oxygens (including phenoxy) is 1. The van der Waals surface area contributed by atoms with Crippen LogP contribution in [0.15, 0.2) is 18.2 Å². The summed E-state index contributed by atoms with van der Waals surface area (Å²) in [5, 5.41) is 0. The Balaban J connectivity index is 2.78. The summed E-state index contributed by atoms with van der Waals surface area (Å²) in [5.74, 6) is 0.940. The first-order valence-electron chi connectivity index (χ1n) is 7.42. The average Bonchev–Trinajstić information content (AvgIpc) is 2.40. The van der Waals surface area contributed by atoms with Crippen molar-refractivity contribution < 1.29 is 4.74 Å². The molecule has 0 aliphatic heterocycles. The molecule has 0 atom stereocenters. The smallest absolute Gasteiger partial charge is 0.124 e. The third kappa shape index (κ3) is 5.21. The minimum Gasteiger partial charge on any atom is -0.494 e. The summed E-state index contributed by atoms with van der Waals surface area (Å²) >= 11 is 0. The predicted octanol–water partition coefficient (Wildman–Crippen LogP) is 3.17. The van der Waals surface area contributed by atoms with Gasteiger partial charge in [0.15, 0.2) is 0 Å². The lowest BCUT2D eigenvalue weighted by Crippen LogP contribution is -2.24. The molecule has 0 amide bonds. The third-order valence-electron chi connectivity index (χ3n) is 3.14. The molecule has 108 valence electrons. The second kappa shape index (κ2) is 8.94. The summed E-state index contributed by atoms with van der Waals surface area (Å²) in [5.41, 5.74) is 8.13. The van der Waals surface area contributed by atoms with Crippen LogP contribution in [0.3, 0.4) is 0 Å². The van der Waals surface area contributed by atoms with E-state index < -0.39 is 0 Å². The van der Waals surface area contributed by atoms with Gasteiger partial charge in [-0.05, 0) is 44.5 Å². The second-order valence-corrected chi connectivity index (χ2v) is 4.86. The van der Waals surface area contributed by atoms with E-state index in [1.807, 2.05) is 6.92 Å².